The highest BCUT2D eigenvalue weighted by molar-refractivity contribution is 7.91. The molecule has 4 amide bonds. The molecule has 4 aliphatic rings. The number of hydrogen-bond acceptors (Lipinski definition) is 12. The monoisotopic (exact) mass is 785 g/mol. The van der Waals surface area contributed by atoms with E-state index in [4.69, 9.17) is 19.2 Å². The first kappa shape index (κ1) is 36.6. The van der Waals surface area contributed by atoms with Crippen molar-refractivity contribution in [3.05, 3.63) is 84.1 Å². The van der Waals surface area contributed by atoms with Gasteiger partial charge in [-0.25, -0.2) is 18.4 Å². The van der Waals surface area contributed by atoms with Crippen molar-refractivity contribution >= 4 is 56.0 Å². The smallest absolute Gasteiger partial charge is 0.290 e. The molecule has 0 radical (unpaired) electrons. The van der Waals surface area contributed by atoms with Crippen LogP contribution in [0.25, 0.3) is 21.6 Å². The van der Waals surface area contributed by atoms with Gasteiger partial charge in [0.25, 0.3) is 11.8 Å². The third-order valence-electron chi connectivity index (χ3n) is 10.6. The number of benzene rings is 1. The summed E-state index contributed by atoms with van der Waals surface area (Å²) in [5, 5.41) is 10.6. The maximum atomic E-state index is 14.7. The molecule has 1 aromatic carbocycles. The highest BCUT2D eigenvalue weighted by Gasteiger charge is 2.62. The second kappa shape index (κ2) is 14.3. The average Bonchev–Trinajstić information content (AvgIpc) is 3.97. The van der Waals surface area contributed by atoms with Crippen LogP contribution in [-0.2, 0) is 24.4 Å². The van der Waals surface area contributed by atoms with E-state index >= 15 is 0 Å². The summed E-state index contributed by atoms with van der Waals surface area (Å²) in [7, 11) is -3.92. The molecule has 2 aliphatic carbocycles. The minimum atomic E-state index is -3.92. The number of sulfonamides is 1. The van der Waals surface area contributed by atoms with Crippen molar-refractivity contribution in [2.75, 3.05) is 0 Å². The lowest BCUT2D eigenvalue weighted by atomic mass is 10.0. The fourth-order valence-electron chi connectivity index (χ4n) is 7.42. The van der Waals surface area contributed by atoms with Crippen molar-refractivity contribution in [2.45, 2.75) is 86.9 Å². The van der Waals surface area contributed by atoms with Crippen LogP contribution in [0.15, 0.2) is 77.2 Å². The van der Waals surface area contributed by atoms with E-state index in [0.717, 1.165) is 4.88 Å². The van der Waals surface area contributed by atoms with Gasteiger partial charge < -0.3 is 24.8 Å². The molecule has 286 valence electrons. The fourth-order valence-corrected chi connectivity index (χ4v) is 9.49. The van der Waals surface area contributed by atoms with Crippen LogP contribution < -0.4 is 20.1 Å². The van der Waals surface area contributed by atoms with Crippen molar-refractivity contribution in [3.63, 3.8) is 0 Å². The highest BCUT2D eigenvalue weighted by atomic mass is 32.2. The Hall–Kier alpha value is -5.42. The molecule has 8 rings (SSSR count). The minimum Gasteiger partial charge on any atom is -0.470 e. The number of allylic oxidation sites excluding steroid dienone is 1. The fraction of sp³-hybridized carbons (Fsp3) is 0.395. The highest BCUT2D eigenvalue weighted by Crippen LogP contribution is 2.46. The van der Waals surface area contributed by atoms with Gasteiger partial charge in [-0.2, -0.15) is 0 Å². The number of nitrogens with zero attached hydrogens (tertiary/aromatic N) is 4. The van der Waals surface area contributed by atoms with Gasteiger partial charge in [-0.1, -0.05) is 41.6 Å². The molecule has 3 unspecified atom stereocenters. The van der Waals surface area contributed by atoms with Gasteiger partial charge in [0.15, 0.2) is 0 Å². The Morgan fingerprint density at radius 1 is 1.09 bits per heavy atom. The van der Waals surface area contributed by atoms with Crippen molar-refractivity contribution in [1.29, 1.82) is 0 Å². The Morgan fingerprint density at radius 3 is 2.55 bits per heavy atom. The van der Waals surface area contributed by atoms with Crippen LogP contribution >= 0.6 is 11.3 Å². The molecule has 0 bridgehead atoms. The number of hydrogen-bond donors (Lipinski definition) is 3. The molecule has 1 saturated heterocycles. The molecule has 3 aromatic heterocycles. The minimum absolute atomic E-state index is 0.00311. The van der Waals surface area contributed by atoms with Crippen molar-refractivity contribution in [3.8, 4) is 16.5 Å². The van der Waals surface area contributed by atoms with Crippen LogP contribution in [0.5, 0.6) is 5.88 Å². The van der Waals surface area contributed by atoms with Crippen LogP contribution in [0.1, 0.15) is 61.2 Å². The predicted octanol–water partition coefficient (Wildman–Crippen LogP) is 3.58. The molecule has 15 nitrogen and oxygen atoms in total. The Bertz CT molecular complexity index is 2320. The largest absolute Gasteiger partial charge is 0.470 e. The molecule has 4 aromatic rings. The zero-order chi connectivity index (χ0) is 38.5. The first-order chi connectivity index (χ1) is 26.5. The van der Waals surface area contributed by atoms with Crippen LogP contribution in [0, 0.1) is 12.8 Å². The van der Waals surface area contributed by atoms with Gasteiger partial charge in [-0.15, -0.1) is 17.9 Å². The van der Waals surface area contributed by atoms with E-state index in [1.165, 1.54) is 28.4 Å². The molecule has 55 heavy (non-hydrogen) atoms. The van der Waals surface area contributed by atoms with Gasteiger partial charge in [0.1, 0.15) is 29.4 Å². The Balaban J connectivity index is 1.15. The molecule has 6 atom stereocenters. The molecule has 3 N–H and O–H groups in total. The van der Waals surface area contributed by atoms with Crippen molar-refractivity contribution in [2.24, 2.45) is 5.92 Å². The summed E-state index contributed by atoms with van der Waals surface area (Å²) in [5.41, 5.74) is 0.684. The topological polar surface area (TPSA) is 203 Å². The van der Waals surface area contributed by atoms with E-state index in [-0.39, 0.29) is 30.9 Å². The Labute approximate surface area is 320 Å². The molecule has 5 heterocycles. The van der Waals surface area contributed by atoms with Gasteiger partial charge >= 0.3 is 0 Å². The maximum absolute atomic E-state index is 14.7. The number of carbonyl (C=O) groups is 4. The first-order valence-electron chi connectivity index (χ1n) is 18.2. The van der Waals surface area contributed by atoms with Gasteiger partial charge in [0, 0.05) is 18.4 Å². The van der Waals surface area contributed by atoms with Crippen molar-refractivity contribution < 1.29 is 36.9 Å². The predicted molar refractivity (Wildman–Crippen MR) is 201 cm³/mol. The summed E-state index contributed by atoms with van der Waals surface area (Å²) >= 11 is 1.47. The van der Waals surface area contributed by atoms with Crippen molar-refractivity contribution in [1.82, 2.24) is 35.4 Å². The van der Waals surface area contributed by atoms with Gasteiger partial charge in [0.05, 0.1) is 32.9 Å². The maximum Gasteiger partial charge on any atom is 0.290 e. The molecule has 3 fully saturated rings. The number of rotatable bonds is 11. The number of fused-ring (bicyclic) bond motifs is 2. The Kier molecular flexibility index (Phi) is 9.53. The summed E-state index contributed by atoms with van der Waals surface area (Å²) in [5.74, 6) is -3.08. The summed E-state index contributed by atoms with van der Waals surface area (Å²) in [6, 6.07) is 9.69. The number of nitrogens with one attached hydrogen (secondary N) is 3. The van der Waals surface area contributed by atoms with Crippen LogP contribution in [0.2, 0.25) is 0 Å². The second-order valence-electron chi connectivity index (χ2n) is 14.4. The number of aryl methyl sites for hydroxylation is 1. The van der Waals surface area contributed by atoms with Gasteiger partial charge in [-0.3, -0.25) is 23.9 Å². The standard InChI is InChI=1S/C38H39N7O8S2/c1-3-22-20-38(22,37(49)44-55(50,51)23-15-16-23)42-33(46)28-19-29(52-35-32(31-14-9-17-54-31)39-24-10-7-8-11-25(24)41-35)27-13-6-4-5-12-26(36(48)45(27)28)40-34(47)30-18-21(2)43-53-30/h3-5,7-11,14,17-18,22-23,26-29H,1,6,12-13,15-16,19-20H2,2H3,(H,40,47)(H,42,46)(H,44,49)/b5-4-/t22-,26?,27?,28+,29-,38?/m1/s1. The summed E-state index contributed by atoms with van der Waals surface area (Å²) in [4.78, 5) is 68.2. The molecule has 17 heteroatoms. The van der Waals surface area contributed by atoms with Crippen LogP contribution in [-0.4, -0.2) is 87.1 Å². The normalized spacial score (nSPS) is 26.9. The van der Waals surface area contributed by atoms with E-state index < -0.39 is 74.6 Å². The molecule has 0 spiro atoms. The van der Waals surface area contributed by atoms with E-state index in [1.54, 1.807) is 6.92 Å². The zero-order valence-electron chi connectivity index (χ0n) is 29.8. The lowest BCUT2D eigenvalue weighted by molar-refractivity contribution is -0.143. The summed E-state index contributed by atoms with van der Waals surface area (Å²) in [6.45, 7) is 5.47. The molecular formula is C38H39N7O8S2. The number of ether oxygens (including phenoxy) is 1. The second-order valence-corrected chi connectivity index (χ2v) is 17.3. The summed E-state index contributed by atoms with van der Waals surface area (Å²) < 4.78 is 39.6. The lowest BCUT2D eigenvalue weighted by Crippen LogP contribution is -2.59. The SMILES string of the molecule is C=C[C@@H]1CC1(NC(=O)[C@@H]1C[C@@H](Oc2nc3ccccc3nc2-c2cccs2)C2CC/C=C\CC(NC(=O)c3cc(C)no3)C(=O)N21)C(=O)NS(=O)(=O)C1CC1. The lowest BCUT2D eigenvalue weighted by Gasteiger charge is -2.34. The van der Waals surface area contributed by atoms with E-state index in [0.29, 0.717) is 48.1 Å². The van der Waals surface area contributed by atoms with Gasteiger partial charge in [0.2, 0.25) is 33.5 Å². The molecule has 2 aliphatic heterocycles. The zero-order valence-corrected chi connectivity index (χ0v) is 31.5. The van der Waals surface area contributed by atoms with E-state index in [1.807, 2.05) is 53.9 Å². The van der Waals surface area contributed by atoms with E-state index in [2.05, 4.69) is 27.1 Å². The number of aromatic nitrogens is 3. The summed E-state index contributed by atoms with van der Waals surface area (Å²) in [6.07, 6.45) is 6.55. The Morgan fingerprint density at radius 2 is 1.87 bits per heavy atom. The molecule has 2 saturated carbocycles. The van der Waals surface area contributed by atoms with Crippen LogP contribution in [0.4, 0.5) is 0 Å². The third-order valence-corrected chi connectivity index (χ3v) is 13.3. The first-order valence-corrected chi connectivity index (χ1v) is 20.6. The molecular weight excluding hydrogens is 747 g/mol. The van der Waals surface area contributed by atoms with E-state index in [9.17, 15) is 27.6 Å². The number of amides is 4. The van der Waals surface area contributed by atoms with Gasteiger partial charge in [-0.05, 0) is 69.0 Å². The number of carbonyl (C=O) groups excluding carboxylic acids is 4. The third kappa shape index (κ3) is 7.13. The number of para-hydroxylation sites is 2. The average molecular weight is 786 g/mol. The quantitative estimate of drug-likeness (QED) is 0.188. The van der Waals surface area contributed by atoms with Crippen LogP contribution in [0.3, 0.4) is 0 Å². The number of thiophene rings is 1.